The molecule has 6 nitrogen and oxygen atoms in total. The van der Waals surface area contributed by atoms with E-state index in [0.29, 0.717) is 11.4 Å². The summed E-state index contributed by atoms with van der Waals surface area (Å²) in [6.07, 6.45) is 1.07. The molecule has 4 N–H and O–H groups in total. The molecule has 2 rings (SSSR count). The Balaban J connectivity index is 2.09. The van der Waals surface area contributed by atoms with Crippen molar-refractivity contribution in [3.05, 3.63) is 71.4 Å². The summed E-state index contributed by atoms with van der Waals surface area (Å²) >= 11 is 0. The summed E-state index contributed by atoms with van der Waals surface area (Å²) in [7, 11) is 0. The van der Waals surface area contributed by atoms with Crippen LogP contribution >= 0.6 is 0 Å². The molecule has 0 aliphatic rings. The minimum absolute atomic E-state index is 0.223. The van der Waals surface area contributed by atoms with Crippen molar-refractivity contribution in [2.24, 2.45) is 0 Å². The van der Waals surface area contributed by atoms with Crippen molar-refractivity contribution in [2.75, 3.05) is 11.1 Å². The Kier molecular flexibility index (Phi) is 5.32. The van der Waals surface area contributed by atoms with E-state index in [1.54, 1.807) is 48.5 Å². The largest absolute Gasteiger partial charge is 0.398 e. The topological polar surface area (TPSA) is 108 Å². The fourth-order valence-electron chi connectivity index (χ4n) is 1.99. The van der Waals surface area contributed by atoms with E-state index in [2.05, 4.69) is 10.6 Å². The Morgan fingerprint density at radius 1 is 1.17 bits per heavy atom. The van der Waals surface area contributed by atoms with Crippen molar-refractivity contribution < 1.29 is 9.59 Å². The normalized spacial score (nSPS) is 10.6. The Morgan fingerprint density at radius 3 is 2.58 bits per heavy atom. The maximum Gasteiger partial charge on any atom is 0.267 e. The van der Waals surface area contributed by atoms with Crippen LogP contribution in [0.15, 0.2) is 60.3 Å². The Labute approximate surface area is 139 Å². The molecule has 2 aromatic carbocycles. The van der Waals surface area contributed by atoms with Gasteiger partial charge in [-0.1, -0.05) is 24.3 Å². The summed E-state index contributed by atoms with van der Waals surface area (Å²) in [5, 5.41) is 14.1. The maximum absolute atomic E-state index is 12.1. The molecular formula is C18H16N4O2. The van der Waals surface area contributed by atoms with Crippen LogP contribution in [0.5, 0.6) is 0 Å². The third-order valence-electron chi connectivity index (χ3n) is 3.19. The van der Waals surface area contributed by atoms with E-state index in [9.17, 15) is 9.59 Å². The smallest absolute Gasteiger partial charge is 0.267 e. The van der Waals surface area contributed by atoms with Gasteiger partial charge in [-0.15, -0.1) is 0 Å². The second kappa shape index (κ2) is 7.61. The number of carbonyl (C=O) groups is 2. The standard InChI is InChI=1S/C18H16N4O2/c1-12-5-4-6-14(9-12)22-17(23)13(10-19)11-21-18(24)15-7-2-3-8-16(15)20/h2-9,11H,20H2,1H3,(H,21,24)(H,22,23)/b13-11-. The van der Waals surface area contributed by atoms with Gasteiger partial charge in [-0.2, -0.15) is 5.26 Å². The van der Waals surface area contributed by atoms with Crippen LogP contribution in [0.2, 0.25) is 0 Å². The SMILES string of the molecule is Cc1cccc(NC(=O)/C(C#N)=C\NC(=O)c2ccccc2N)c1. The highest BCUT2D eigenvalue weighted by Gasteiger charge is 2.12. The highest BCUT2D eigenvalue weighted by molar-refractivity contribution is 6.07. The van der Waals surface area contributed by atoms with E-state index in [-0.39, 0.29) is 11.1 Å². The minimum Gasteiger partial charge on any atom is -0.398 e. The molecule has 6 heteroatoms. The second-order valence-electron chi connectivity index (χ2n) is 5.05. The number of para-hydroxylation sites is 1. The fraction of sp³-hybridized carbons (Fsp3) is 0.0556. The Hall–Kier alpha value is -3.59. The molecule has 0 aliphatic heterocycles. The number of hydrogen-bond acceptors (Lipinski definition) is 4. The fourth-order valence-corrected chi connectivity index (χ4v) is 1.99. The number of hydrogen-bond donors (Lipinski definition) is 3. The molecule has 0 saturated carbocycles. The predicted molar refractivity (Wildman–Crippen MR) is 91.8 cm³/mol. The predicted octanol–water partition coefficient (Wildman–Crippen LogP) is 2.35. The first-order valence-electron chi connectivity index (χ1n) is 7.15. The van der Waals surface area contributed by atoms with Gasteiger partial charge < -0.3 is 16.4 Å². The minimum atomic E-state index is -0.607. The molecule has 0 aliphatic carbocycles. The van der Waals surface area contributed by atoms with E-state index in [1.165, 1.54) is 0 Å². The van der Waals surface area contributed by atoms with Gasteiger partial charge in [0.15, 0.2) is 0 Å². The number of nitriles is 1. The number of aryl methyl sites for hydroxylation is 1. The van der Waals surface area contributed by atoms with Crippen LogP contribution in [-0.4, -0.2) is 11.8 Å². The van der Waals surface area contributed by atoms with Crippen LogP contribution in [-0.2, 0) is 4.79 Å². The number of nitrogens with zero attached hydrogens (tertiary/aromatic N) is 1. The van der Waals surface area contributed by atoms with Crippen molar-refractivity contribution >= 4 is 23.2 Å². The van der Waals surface area contributed by atoms with Crippen LogP contribution in [0.25, 0.3) is 0 Å². The molecular weight excluding hydrogens is 304 g/mol. The summed E-state index contributed by atoms with van der Waals surface area (Å²) < 4.78 is 0. The molecule has 0 saturated heterocycles. The molecule has 0 atom stereocenters. The number of nitrogens with one attached hydrogen (secondary N) is 2. The van der Waals surface area contributed by atoms with Gasteiger partial charge in [0.2, 0.25) is 0 Å². The monoisotopic (exact) mass is 320 g/mol. The van der Waals surface area contributed by atoms with Gasteiger partial charge in [0, 0.05) is 17.6 Å². The lowest BCUT2D eigenvalue weighted by molar-refractivity contribution is -0.112. The lowest BCUT2D eigenvalue weighted by Crippen LogP contribution is -2.22. The number of nitrogen functional groups attached to an aromatic ring is 1. The summed E-state index contributed by atoms with van der Waals surface area (Å²) in [4.78, 5) is 24.1. The highest BCUT2D eigenvalue weighted by atomic mass is 16.2. The molecule has 24 heavy (non-hydrogen) atoms. The molecule has 0 aromatic heterocycles. The zero-order valence-corrected chi connectivity index (χ0v) is 13.0. The molecule has 0 heterocycles. The first kappa shape index (κ1) is 16.8. The van der Waals surface area contributed by atoms with Crippen LogP contribution < -0.4 is 16.4 Å². The zero-order valence-electron chi connectivity index (χ0n) is 13.0. The molecule has 0 fully saturated rings. The first-order chi connectivity index (χ1) is 11.5. The second-order valence-corrected chi connectivity index (χ2v) is 5.05. The molecule has 0 unspecified atom stereocenters. The van der Waals surface area contributed by atoms with Gasteiger partial charge in [-0.3, -0.25) is 9.59 Å². The number of nitrogens with two attached hydrogens (primary N) is 1. The number of amides is 2. The Morgan fingerprint density at radius 2 is 1.92 bits per heavy atom. The van der Waals surface area contributed by atoms with Crippen LogP contribution in [0.1, 0.15) is 15.9 Å². The number of carbonyl (C=O) groups excluding carboxylic acids is 2. The average Bonchev–Trinajstić information content (AvgIpc) is 2.55. The van der Waals surface area contributed by atoms with E-state index >= 15 is 0 Å². The summed E-state index contributed by atoms with van der Waals surface area (Å²) in [6.45, 7) is 1.89. The van der Waals surface area contributed by atoms with Crippen LogP contribution in [0.3, 0.4) is 0 Å². The third kappa shape index (κ3) is 4.21. The summed E-state index contributed by atoms with van der Waals surface area (Å²) in [5.41, 5.74) is 7.61. The van der Waals surface area contributed by atoms with Crippen molar-refractivity contribution in [2.45, 2.75) is 6.92 Å². The molecule has 120 valence electrons. The van der Waals surface area contributed by atoms with Gasteiger partial charge >= 0.3 is 0 Å². The van der Waals surface area contributed by atoms with Gasteiger partial charge in [0.05, 0.1) is 5.56 Å². The van der Waals surface area contributed by atoms with Crippen molar-refractivity contribution in [1.82, 2.24) is 5.32 Å². The summed E-state index contributed by atoms with van der Waals surface area (Å²) in [6, 6.07) is 15.5. The number of rotatable bonds is 4. The van der Waals surface area contributed by atoms with Crippen LogP contribution in [0, 0.1) is 18.3 Å². The molecule has 0 bridgehead atoms. The first-order valence-corrected chi connectivity index (χ1v) is 7.15. The number of benzene rings is 2. The van der Waals surface area contributed by atoms with Gasteiger partial charge in [-0.05, 0) is 36.8 Å². The van der Waals surface area contributed by atoms with Crippen molar-refractivity contribution in [1.29, 1.82) is 5.26 Å². The van der Waals surface area contributed by atoms with E-state index in [1.807, 2.05) is 13.0 Å². The molecule has 0 spiro atoms. The van der Waals surface area contributed by atoms with Gasteiger partial charge in [0.25, 0.3) is 11.8 Å². The number of anilines is 2. The average molecular weight is 320 g/mol. The van der Waals surface area contributed by atoms with E-state index in [0.717, 1.165) is 11.8 Å². The van der Waals surface area contributed by atoms with Gasteiger partial charge in [0.1, 0.15) is 11.6 Å². The molecule has 0 radical (unpaired) electrons. The van der Waals surface area contributed by atoms with Crippen molar-refractivity contribution in [3.63, 3.8) is 0 Å². The zero-order chi connectivity index (χ0) is 17.5. The van der Waals surface area contributed by atoms with Crippen molar-refractivity contribution in [3.8, 4) is 6.07 Å². The van der Waals surface area contributed by atoms with Crippen LogP contribution in [0.4, 0.5) is 11.4 Å². The quantitative estimate of drug-likeness (QED) is 0.456. The Bertz CT molecular complexity index is 850. The molecule has 2 aromatic rings. The lowest BCUT2D eigenvalue weighted by Gasteiger charge is -2.06. The molecule has 2 amide bonds. The summed E-state index contributed by atoms with van der Waals surface area (Å²) in [5.74, 6) is -1.10. The lowest BCUT2D eigenvalue weighted by atomic mass is 10.1. The van der Waals surface area contributed by atoms with E-state index < -0.39 is 11.8 Å². The maximum atomic E-state index is 12.1. The highest BCUT2D eigenvalue weighted by Crippen LogP contribution is 2.12. The van der Waals surface area contributed by atoms with E-state index in [4.69, 9.17) is 11.0 Å². The van der Waals surface area contributed by atoms with Gasteiger partial charge in [-0.25, -0.2) is 0 Å². The third-order valence-corrected chi connectivity index (χ3v) is 3.19.